The van der Waals surface area contributed by atoms with Gasteiger partial charge in [0.05, 0.1) is 19.8 Å². The van der Waals surface area contributed by atoms with Crippen LogP contribution in [-0.4, -0.2) is 18.8 Å². The fourth-order valence-electron chi connectivity index (χ4n) is 1.89. The van der Waals surface area contributed by atoms with Gasteiger partial charge in [0.1, 0.15) is 17.4 Å². The summed E-state index contributed by atoms with van der Waals surface area (Å²) in [6, 6.07) is 9.38. The molecule has 0 saturated heterocycles. The highest BCUT2D eigenvalue weighted by Gasteiger charge is 2.15. The van der Waals surface area contributed by atoms with Crippen LogP contribution in [0.4, 0.5) is 14.5 Å². The van der Waals surface area contributed by atoms with Gasteiger partial charge in [-0.2, -0.15) is 0 Å². The maximum absolute atomic E-state index is 13.7. The van der Waals surface area contributed by atoms with Crippen molar-refractivity contribution in [3.05, 3.63) is 59.7 Å². The minimum atomic E-state index is -0.723. The van der Waals surface area contributed by atoms with Gasteiger partial charge in [-0.15, -0.1) is 0 Å². The molecule has 106 valence electrons. The van der Waals surface area contributed by atoms with E-state index in [0.717, 1.165) is 18.2 Å². The second-order valence-corrected chi connectivity index (χ2v) is 4.27. The summed E-state index contributed by atoms with van der Waals surface area (Å²) in [6.07, 6.45) is 0. The lowest BCUT2D eigenvalue weighted by molar-refractivity contribution is 0.273. The molecule has 2 rings (SSSR count). The molecule has 0 saturated carbocycles. The van der Waals surface area contributed by atoms with Crippen molar-refractivity contribution in [3.8, 4) is 5.75 Å². The Balaban J connectivity index is 2.21. The Morgan fingerprint density at radius 2 is 1.85 bits per heavy atom. The molecular weight excluding hydrogens is 264 g/mol. The standard InChI is InChI=1S/C15H15F2NO2/c1-20-12-5-3-11(4-6-12)18-15(9-19)13-8-10(16)2-7-14(13)17/h2-8,15,18-19H,9H2,1H3. The predicted molar refractivity (Wildman–Crippen MR) is 72.8 cm³/mol. The minimum absolute atomic E-state index is 0.0864. The van der Waals surface area contributed by atoms with Crippen LogP contribution in [-0.2, 0) is 0 Å². The number of aliphatic hydroxyl groups excluding tert-OH is 1. The third-order valence-electron chi connectivity index (χ3n) is 2.95. The minimum Gasteiger partial charge on any atom is -0.497 e. The third-order valence-corrected chi connectivity index (χ3v) is 2.95. The smallest absolute Gasteiger partial charge is 0.128 e. The molecule has 0 aromatic heterocycles. The van der Waals surface area contributed by atoms with E-state index in [9.17, 15) is 13.9 Å². The predicted octanol–water partition coefficient (Wildman–Crippen LogP) is 3.12. The van der Waals surface area contributed by atoms with Crippen molar-refractivity contribution in [2.45, 2.75) is 6.04 Å². The summed E-state index contributed by atoms with van der Waals surface area (Å²) < 4.78 is 31.9. The number of aliphatic hydroxyl groups is 1. The highest BCUT2D eigenvalue weighted by molar-refractivity contribution is 5.48. The van der Waals surface area contributed by atoms with E-state index in [0.29, 0.717) is 11.4 Å². The van der Waals surface area contributed by atoms with Crippen molar-refractivity contribution in [3.63, 3.8) is 0 Å². The normalized spacial score (nSPS) is 12.0. The SMILES string of the molecule is COc1ccc(NC(CO)c2cc(F)ccc2F)cc1. The largest absolute Gasteiger partial charge is 0.497 e. The van der Waals surface area contributed by atoms with Crippen molar-refractivity contribution < 1.29 is 18.6 Å². The van der Waals surface area contributed by atoms with E-state index >= 15 is 0 Å². The Kier molecular flexibility index (Phi) is 4.53. The van der Waals surface area contributed by atoms with Gasteiger partial charge in [-0.3, -0.25) is 0 Å². The van der Waals surface area contributed by atoms with Crippen LogP contribution in [0.5, 0.6) is 5.75 Å². The highest BCUT2D eigenvalue weighted by Crippen LogP contribution is 2.24. The molecule has 0 radical (unpaired) electrons. The van der Waals surface area contributed by atoms with Crippen molar-refractivity contribution in [1.82, 2.24) is 0 Å². The van der Waals surface area contributed by atoms with Crippen LogP contribution in [0.2, 0.25) is 0 Å². The molecule has 2 aromatic rings. The van der Waals surface area contributed by atoms with E-state index in [1.807, 2.05) is 0 Å². The van der Waals surface area contributed by atoms with E-state index in [1.165, 1.54) is 0 Å². The van der Waals surface area contributed by atoms with E-state index in [2.05, 4.69) is 5.32 Å². The average molecular weight is 279 g/mol. The van der Waals surface area contributed by atoms with Gasteiger partial charge in [0.25, 0.3) is 0 Å². The molecule has 0 amide bonds. The molecule has 1 atom stereocenters. The topological polar surface area (TPSA) is 41.5 Å². The molecule has 0 heterocycles. The summed E-state index contributed by atoms with van der Waals surface area (Å²) in [5, 5.41) is 12.3. The maximum Gasteiger partial charge on any atom is 0.128 e. The number of hydrogen-bond donors (Lipinski definition) is 2. The second-order valence-electron chi connectivity index (χ2n) is 4.27. The van der Waals surface area contributed by atoms with Crippen LogP contribution in [0.3, 0.4) is 0 Å². The van der Waals surface area contributed by atoms with Crippen molar-refractivity contribution in [2.24, 2.45) is 0 Å². The zero-order chi connectivity index (χ0) is 14.5. The number of halogens is 2. The molecule has 3 nitrogen and oxygen atoms in total. The first-order valence-corrected chi connectivity index (χ1v) is 6.10. The summed E-state index contributed by atoms with van der Waals surface area (Å²) in [5.74, 6) is -0.420. The van der Waals surface area contributed by atoms with Crippen LogP contribution in [0, 0.1) is 11.6 Å². The van der Waals surface area contributed by atoms with Gasteiger partial charge in [0.2, 0.25) is 0 Å². The number of anilines is 1. The summed E-state index contributed by atoms with van der Waals surface area (Å²) in [6.45, 7) is -0.355. The lowest BCUT2D eigenvalue weighted by Gasteiger charge is -2.19. The third kappa shape index (κ3) is 3.24. The van der Waals surface area contributed by atoms with E-state index in [-0.39, 0.29) is 12.2 Å². The maximum atomic E-state index is 13.7. The second kappa shape index (κ2) is 6.34. The highest BCUT2D eigenvalue weighted by atomic mass is 19.1. The van der Waals surface area contributed by atoms with Gasteiger partial charge in [0, 0.05) is 11.3 Å². The van der Waals surface area contributed by atoms with Gasteiger partial charge >= 0.3 is 0 Å². The van der Waals surface area contributed by atoms with Crippen molar-refractivity contribution >= 4 is 5.69 Å². The first-order valence-electron chi connectivity index (χ1n) is 6.10. The quantitative estimate of drug-likeness (QED) is 0.883. The summed E-state index contributed by atoms with van der Waals surface area (Å²) in [4.78, 5) is 0. The molecule has 5 heteroatoms. The number of benzene rings is 2. The van der Waals surface area contributed by atoms with Crippen LogP contribution < -0.4 is 10.1 Å². The fraction of sp³-hybridized carbons (Fsp3) is 0.200. The Morgan fingerprint density at radius 1 is 1.15 bits per heavy atom. The van der Waals surface area contributed by atoms with Crippen molar-refractivity contribution in [2.75, 3.05) is 19.0 Å². The molecule has 1 unspecified atom stereocenters. The van der Waals surface area contributed by atoms with E-state index in [4.69, 9.17) is 4.74 Å². The Hall–Kier alpha value is -2.14. The first-order chi connectivity index (χ1) is 9.63. The lowest BCUT2D eigenvalue weighted by Crippen LogP contribution is -2.16. The lowest BCUT2D eigenvalue weighted by atomic mass is 10.1. The zero-order valence-electron chi connectivity index (χ0n) is 10.9. The summed E-state index contributed by atoms with van der Waals surface area (Å²) >= 11 is 0. The summed E-state index contributed by atoms with van der Waals surface area (Å²) in [5.41, 5.74) is 0.761. The zero-order valence-corrected chi connectivity index (χ0v) is 10.9. The van der Waals surface area contributed by atoms with Gasteiger partial charge in [-0.05, 0) is 42.5 Å². The van der Waals surface area contributed by atoms with Crippen LogP contribution in [0.1, 0.15) is 11.6 Å². The molecule has 0 aliphatic rings. The van der Waals surface area contributed by atoms with E-state index in [1.54, 1.807) is 31.4 Å². The van der Waals surface area contributed by atoms with Gasteiger partial charge < -0.3 is 15.2 Å². The Morgan fingerprint density at radius 3 is 2.45 bits per heavy atom. The molecule has 0 aliphatic heterocycles. The number of ether oxygens (including phenoxy) is 1. The first kappa shape index (κ1) is 14.3. The Bertz CT molecular complexity index is 573. The molecule has 0 aliphatic carbocycles. The average Bonchev–Trinajstić information content (AvgIpc) is 2.48. The van der Waals surface area contributed by atoms with E-state index < -0.39 is 17.7 Å². The molecule has 20 heavy (non-hydrogen) atoms. The number of nitrogens with one attached hydrogen (secondary N) is 1. The molecule has 2 N–H and O–H groups in total. The van der Waals surface area contributed by atoms with Gasteiger partial charge in [-0.1, -0.05) is 0 Å². The van der Waals surface area contributed by atoms with Gasteiger partial charge in [-0.25, -0.2) is 8.78 Å². The number of methoxy groups -OCH3 is 1. The summed E-state index contributed by atoms with van der Waals surface area (Å²) in [7, 11) is 1.56. The molecule has 2 aromatic carbocycles. The number of hydrogen-bond acceptors (Lipinski definition) is 3. The monoisotopic (exact) mass is 279 g/mol. The van der Waals surface area contributed by atoms with Crippen LogP contribution >= 0.6 is 0 Å². The fourth-order valence-corrected chi connectivity index (χ4v) is 1.89. The van der Waals surface area contributed by atoms with Crippen molar-refractivity contribution in [1.29, 1.82) is 0 Å². The molecular formula is C15H15F2NO2. The number of rotatable bonds is 5. The molecule has 0 fully saturated rings. The van der Waals surface area contributed by atoms with Crippen LogP contribution in [0.15, 0.2) is 42.5 Å². The van der Waals surface area contributed by atoms with Gasteiger partial charge in [0.15, 0.2) is 0 Å². The van der Waals surface area contributed by atoms with Crippen LogP contribution in [0.25, 0.3) is 0 Å². The molecule has 0 bridgehead atoms. The molecule has 0 spiro atoms. The Labute approximate surface area is 115 Å².